The standard InChI is InChI=1S/C12H12FNO3/c1-7(15)4-9-6-11(14-17-9)8-2-3-12(16)10(13)5-8/h2-3,5,9,16H,4,6H2,1H3/t9-/m0/s1. The Morgan fingerprint density at radius 2 is 2.41 bits per heavy atom. The number of phenolic OH excluding ortho intramolecular Hbond substituents is 1. The van der Waals surface area contributed by atoms with Gasteiger partial charge in [-0.3, -0.25) is 4.79 Å². The predicted octanol–water partition coefficient (Wildman–Crippen LogP) is 2.00. The Kier molecular flexibility index (Phi) is 3.08. The lowest BCUT2D eigenvalue weighted by atomic mass is 10.0. The van der Waals surface area contributed by atoms with E-state index in [2.05, 4.69) is 5.16 Å². The summed E-state index contributed by atoms with van der Waals surface area (Å²) in [5, 5.41) is 12.9. The van der Waals surface area contributed by atoms with Crippen LogP contribution in [0, 0.1) is 5.82 Å². The molecule has 1 aromatic rings. The SMILES string of the molecule is CC(=O)C[C@H]1CC(c2ccc(O)c(F)c2)=NO1. The molecule has 0 bridgehead atoms. The van der Waals surface area contributed by atoms with E-state index in [0.717, 1.165) is 0 Å². The number of aromatic hydroxyl groups is 1. The van der Waals surface area contributed by atoms with Gasteiger partial charge >= 0.3 is 0 Å². The first-order valence-electron chi connectivity index (χ1n) is 5.27. The van der Waals surface area contributed by atoms with Gasteiger partial charge in [0.05, 0.1) is 5.71 Å². The quantitative estimate of drug-likeness (QED) is 0.874. The zero-order valence-corrected chi connectivity index (χ0v) is 9.31. The molecule has 2 rings (SSSR count). The normalized spacial score (nSPS) is 18.7. The second kappa shape index (κ2) is 4.53. The summed E-state index contributed by atoms with van der Waals surface area (Å²) in [6.07, 6.45) is 0.511. The molecule has 17 heavy (non-hydrogen) atoms. The van der Waals surface area contributed by atoms with Gasteiger partial charge < -0.3 is 9.94 Å². The van der Waals surface area contributed by atoms with E-state index in [9.17, 15) is 9.18 Å². The van der Waals surface area contributed by atoms with E-state index in [4.69, 9.17) is 9.94 Å². The maximum absolute atomic E-state index is 13.1. The number of benzene rings is 1. The van der Waals surface area contributed by atoms with Crippen molar-refractivity contribution in [2.24, 2.45) is 5.16 Å². The third kappa shape index (κ3) is 2.61. The van der Waals surface area contributed by atoms with Crippen LogP contribution < -0.4 is 0 Å². The van der Waals surface area contributed by atoms with Gasteiger partial charge in [0.25, 0.3) is 0 Å². The highest BCUT2D eigenvalue weighted by Crippen LogP contribution is 2.22. The number of nitrogens with zero attached hydrogens (tertiary/aromatic N) is 1. The zero-order chi connectivity index (χ0) is 12.4. The lowest BCUT2D eigenvalue weighted by Gasteiger charge is -2.04. The van der Waals surface area contributed by atoms with Crippen LogP contribution in [0.1, 0.15) is 25.3 Å². The molecular formula is C12H12FNO3. The molecular weight excluding hydrogens is 225 g/mol. The van der Waals surface area contributed by atoms with E-state index in [0.29, 0.717) is 24.1 Å². The van der Waals surface area contributed by atoms with Crippen LogP contribution in [0.25, 0.3) is 0 Å². The first-order chi connectivity index (χ1) is 8.06. The Morgan fingerprint density at radius 3 is 3.06 bits per heavy atom. The van der Waals surface area contributed by atoms with Crippen molar-refractivity contribution in [3.05, 3.63) is 29.6 Å². The van der Waals surface area contributed by atoms with Crippen LogP contribution in [-0.2, 0) is 9.63 Å². The number of hydrogen-bond acceptors (Lipinski definition) is 4. The molecule has 0 unspecified atom stereocenters. The number of Topliss-reactive ketones (excluding diaryl/α,β-unsaturated/α-hetero) is 1. The molecule has 1 aliphatic rings. The molecule has 0 radical (unpaired) electrons. The summed E-state index contributed by atoms with van der Waals surface area (Å²) in [4.78, 5) is 16.0. The first kappa shape index (κ1) is 11.6. The summed E-state index contributed by atoms with van der Waals surface area (Å²) >= 11 is 0. The smallest absolute Gasteiger partial charge is 0.165 e. The third-order valence-electron chi connectivity index (χ3n) is 2.53. The molecule has 1 aliphatic heterocycles. The van der Waals surface area contributed by atoms with Gasteiger partial charge in [-0.05, 0) is 25.1 Å². The summed E-state index contributed by atoms with van der Waals surface area (Å²) in [6.45, 7) is 1.49. The fourth-order valence-electron chi connectivity index (χ4n) is 1.72. The van der Waals surface area contributed by atoms with Gasteiger partial charge in [-0.25, -0.2) is 4.39 Å². The van der Waals surface area contributed by atoms with E-state index < -0.39 is 11.6 Å². The number of oxime groups is 1. The van der Waals surface area contributed by atoms with Crippen molar-refractivity contribution in [1.29, 1.82) is 0 Å². The fourth-order valence-corrected chi connectivity index (χ4v) is 1.72. The second-order valence-electron chi connectivity index (χ2n) is 4.04. The lowest BCUT2D eigenvalue weighted by Crippen LogP contribution is -2.12. The molecule has 4 nitrogen and oxygen atoms in total. The van der Waals surface area contributed by atoms with Crippen LogP contribution in [0.4, 0.5) is 4.39 Å². The Balaban J connectivity index is 2.09. The maximum atomic E-state index is 13.1. The lowest BCUT2D eigenvalue weighted by molar-refractivity contribution is -0.119. The van der Waals surface area contributed by atoms with E-state index in [-0.39, 0.29) is 11.9 Å². The van der Waals surface area contributed by atoms with Gasteiger partial charge in [-0.15, -0.1) is 0 Å². The van der Waals surface area contributed by atoms with Crippen molar-refractivity contribution in [2.45, 2.75) is 25.9 Å². The highest BCUT2D eigenvalue weighted by Gasteiger charge is 2.23. The summed E-state index contributed by atoms with van der Waals surface area (Å²) in [5.74, 6) is -1.06. The van der Waals surface area contributed by atoms with Crippen LogP contribution >= 0.6 is 0 Å². The van der Waals surface area contributed by atoms with Crippen LogP contribution in [0.15, 0.2) is 23.4 Å². The topological polar surface area (TPSA) is 58.9 Å². The molecule has 0 spiro atoms. The van der Waals surface area contributed by atoms with Gasteiger partial charge in [0.15, 0.2) is 11.6 Å². The number of hydrogen-bond donors (Lipinski definition) is 1. The fraction of sp³-hybridized carbons (Fsp3) is 0.333. The molecule has 0 saturated carbocycles. The molecule has 1 heterocycles. The number of ketones is 1. The molecule has 1 aromatic carbocycles. The average molecular weight is 237 g/mol. The minimum atomic E-state index is -0.694. The number of halogens is 1. The van der Waals surface area contributed by atoms with Crippen molar-refractivity contribution in [3.63, 3.8) is 0 Å². The van der Waals surface area contributed by atoms with Gasteiger partial charge in [0, 0.05) is 18.4 Å². The van der Waals surface area contributed by atoms with Crippen molar-refractivity contribution in [2.75, 3.05) is 0 Å². The van der Waals surface area contributed by atoms with Crippen LogP contribution in [0.2, 0.25) is 0 Å². The summed E-state index contributed by atoms with van der Waals surface area (Å²) in [6, 6.07) is 4.04. The Morgan fingerprint density at radius 1 is 1.65 bits per heavy atom. The molecule has 5 heteroatoms. The summed E-state index contributed by atoms with van der Waals surface area (Å²) < 4.78 is 13.1. The van der Waals surface area contributed by atoms with E-state index >= 15 is 0 Å². The Bertz CT molecular complexity index is 485. The number of carbonyl (C=O) groups excluding carboxylic acids is 1. The summed E-state index contributed by atoms with van der Waals surface area (Å²) in [5.41, 5.74) is 1.15. The largest absolute Gasteiger partial charge is 0.505 e. The van der Waals surface area contributed by atoms with Gasteiger partial charge in [-0.2, -0.15) is 0 Å². The van der Waals surface area contributed by atoms with Crippen molar-refractivity contribution in [1.82, 2.24) is 0 Å². The molecule has 1 atom stereocenters. The Labute approximate surface area is 97.7 Å². The molecule has 0 aromatic heterocycles. The summed E-state index contributed by atoms with van der Waals surface area (Å²) in [7, 11) is 0. The van der Waals surface area contributed by atoms with Crippen LogP contribution in [0.3, 0.4) is 0 Å². The molecule has 1 N–H and O–H groups in total. The third-order valence-corrected chi connectivity index (χ3v) is 2.53. The van der Waals surface area contributed by atoms with Gasteiger partial charge in [0.1, 0.15) is 11.9 Å². The minimum Gasteiger partial charge on any atom is -0.505 e. The van der Waals surface area contributed by atoms with Crippen LogP contribution in [-0.4, -0.2) is 22.7 Å². The molecule has 0 fully saturated rings. The van der Waals surface area contributed by atoms with Crippen molar-refractivity contribution < 1.29 is 19.1 Å². The van der Waals surface area contributed by atoms with Crippen molar-refractivity contribution >= 4 is 11.5 Å². The van der Waals surface area contributed by atoms with E-state index in [1.165, 1.54) is 19.1 Å². The highest BCUT2D eigenvalue weighted by molar-refractivity contribution is 6.01. The van der Waals surface area contributed by atoms with Crippen molar-refractivity contribution in [3.8, 4) is 5.75 Å². The molecule has 0 amide bonds. The average Bonchev–Trinajstić information content (AvgIpc) is 2.69. The van der Waals surface area contributed by atoms with Gasteiger partial charge in [-0.1, -0.05) is 5.16 Å². The highest BCUT2D eigenvalue weighted by atomic mass is 19.1. The molecule has 0 aliphatic carbocycles. The zero-order valence-electron chi connectivity index (χ0n) is 9.31. The monoisotopic (exact) mass is 237 g/mol. The predicted molar refractivity (Wildman–Crippen MR) is 59.4 cm³/mol. The number of rotatable bonds is 3. The Hall–Kier alpha value is -1.91. The molecule has 90 valence electrons. The van der Waals surface area contributed by atoms with E-state index in [1.807, 2.05) is 0 Å². The number of carbonyl (C=O) groups is 1. The minimum absolute atomic E-state index is 0.0309. The second-order valence-corrected chi connectivity index (χ2v) is 4.04. The maximum Gasteiger partial charge on any atom is 0.165 e. The number of phenols is 1. The first-order valence-corrected chi connectivity index (χ1v) is 5.27. The van der Waals surface area contributed by atoms with Crippen LogP contribution in [0.5, 0.6) is 5.75 Å². The molecule has 0 saturated heterocycles. The van der Waals surface area contributed by atoms with Gasteiger partial charge in [0.2, 0.25) is 0 Å². The van der Waals surface area contributed by atoms with E-state index in [1.54, 1.807) is 6.07 Å².